The first-order valence-corrected chi connectivity index (χ1v) is 10.7. The third-order valence-electron chi connectivity index (χ3n) is 6.23. The Morgan fingerprint density at radius 1 is 0.964 bits per heavy atom. The van der Waals surface area contributed by atoms with Crippen molar-refractivity contribution in [1.82, 2.24) is 0 Å². The molecule has 2 spiro atoms. The Labute approximate surface area is 166 Å². The maximum absolute atomic E-state index is 11.2. The zero-order valence-corrected chi connectivity index (χ0v) is 16.6. The lowest BCUT2D eigenvalue weighted by Gasteiger charge is -2.30. The molecule has 2 saturated heterocycles. The predicted octanol–water partition coefficient (Wildman–Crippen LogP) is 2.86. The van der Waals surface area contributed by atoms with Crippen molar-refractivity contribution in [3.63, 3.8) is 0 Å². The summed E-state index contributed by atoms with van der Waals surface area (Å²) in [5.74, 6) is -1.28. The van der Waals surface area contributed by atoms with Gasteiger partial charge in [-0.15, -0.1) is 0 Å². The van der Waals surface area contributed by atoms with Crippen LogP contribution in [-0.4, -0.2) is 62.3 Å². The van der Waals surface area contributed by atoms with Gasteiger partial charge >= 0.3 is 5.97 Å². The van der Waals surface area contributed by atoms with Crippen molar-refractivity contribution in [1.29, 1.82) is 0 Å². The van der Waals surface area contributed by atoms with E-state index in [2.05, 4.69) is 6.58 Å². The average molecular weight is 396 g/mol. The normalized spacial score (nSPS) is 31.6. The first-order chi connectivity index (χ1) is 13.6. The molecule has 0 aromatic heterocycles. The summed E-state index contributed by atoms with van der Waals surface area (Å²) in [6, 6.07) is 0. The molecule has 4 aliphatic rings. The van der Waals surface area contributed by atoms with E-state index in [-0.39, 0.29) is 18.3 Å². The van der Waals surface area contributed by atoms with Crippen LogP contribution in [0.3, 0.4) is 0 Å². The SMILES string of the molecule is C=CC(=O)OCCCOC(C1COC2(CCCC2)O1)C1COC2(CCCC2)O1. The number of ether oxygens (including phenoxy) is 6. The van der Waals surface area contributed by atoms with Crippen molar-refractivity contribution in [2.75, 3.05) is 26.4 Å². The summed E-state index contributed by atoms with van der Waals surface area (Å²) in [4.78, 5) is 11.2. The van der Waals surface area contributed by atoms with Gasteiger partial charge < -0.3 is 28.4 Å². The fourth-order valence-corrected chi connectivity index (χ4v) is 4.80. The Balaban J connectivity index is 1.34. The van der Waals surface area contributed by atoms with Crippen LogP contribution in [-0.2, 0) is 33.2 Å². The molecule has 7 heteroatoms. The highest BCUT2D eigenvalue weighted by molar-refractivity contribution is 5.81. The smallest absolute Gasteiger partial charge is 0.330 e. The number of carbonyl (C=O) groups is 1. The van der Waals surface area contributed by atoms with E-state index in [0.29, 0.717) is 32.8 Å². The molecule has 0 N–H and O–H groups in total. The summed E-state index contributed by atoms with van der Waals surface area (Å²) in [5, 5.41) is 0. The van der Waals surface area contributed by atoms with Crippen molar-refractivity contribution >= 4 is 5.97 Å². The Morgan fingerprint density at radius 3 is 2.00 bits per heavy atom. The molecule has 0 amide bonds. The molecule has 0 aromatic rings. The van der Waals surface area contributed by atoms with Crippen molar-refractivity contribution in [2.24, 2.45) is 0 Å². The summed E-state index contributed by atoms with van der Waals surface area (Å²) >= 11 is 0. The molecular weight excluding hydrogens is 364 g/mol. The van der Waals surface area contributed by atoms with E-state index in [1.165, 1.54) is 6.08 Å². The number of esters is 1. The fourth-order valence-electron chi connectivity index (χ4n) is 4.80. The van der Waals surface area contributed by atoms with Gasteiger partial charge in [0, 0.05) is 38.2 Å². The van der Waals surface area contributed by atoms with Crippen LogP contribution in [0.4, 0.5) is 0 Å². The van der Waals surface area contributed by atoms with Gasteiger partial charge in [0.15, 0.2) is 11.6 Å². The van der Waals surface area contributed by atoms with Crippen LogP contribution in [0.2, 0.25) is 0 Å². The summed E-state index contributed by atoms with van der Waals surface area (Å²) in [6.45, 7) is 5.18. The molecule has 2 heterocycles. The van der Waals surface area contributed by atoms with Crippen LogP contribution in [0, 0.1) is 0 Å². The van der Waals surface area contributed by atoms with E-state index in [4.69, 9.17) is 28.4 Å². The summed E-state index contributed by atoms with van der Waals surface area (Å²) in [6.07, 6.45) is 9.51. The third-order valence-corrected chi connectivity index (χ3v) is 6.23. The molecule has 7 nitrogen and oxygen atoms in total. The molecule has 2 aliphatic heterocycles. The van der Waals surface area contributed by atoms with Gasteiger partial charge in [-0.05, 0) is 25.7 Å². The molecule has 2 unspecified atom stereocenters. The molecule has 4 fully saturated rings. The average Bonchev–Trinajstić information content (AvgIpc) is 3.50. The highest BCUT2D eigenvalue weighted by Crippen LogP contribution is 2.44. The lowest BCUT2D eigenvalue weighted by Crippen LogP contribution is -2.44. The minimum Gasteiger partial charge on any atom is -0.462 e. The fraction of sp³-hybridized carbons (Fsp3) is 0.857. The van der Waals surface area contributed by atoms with Crippen LogP contribution in [0.5, 0.6) is 0 Å². The van der Waals surface area contributed by atoms with Crippen LogP contribution in [0.25, 0.3) is 0 Å². The molecule has 2 aliphatic carbocycles. The summed E-state index contributed by atoms with van der Waals surface area (Å²) in [5.41, 5.74) is 0. The standard InChI is InChI=1S/C21H32O7/c1-2-18(22)23-12-7-13-24-19(16-14-25-20(27-16)8-3-4-9-20)17-15-26-21(28-17)10-5-6-11-21/h2,16-17,19H,1,3-15H2. The lowest BCUT2D eigenvalue weighted by molar-refractivity contribution is -0.205. The van der Waals surface area contributed by atoms with Gasteiger partial charge in [-0.25, -0.2) is 4.79 Å². The van der Waals surface area contributed by atoms with E-state index >= 15 is 0 Å². The Morgan fingerprint density at radius 2 is 1.50 bits per heavy atom. The van der Waals surface area contributed by atoms with Gasteiger partial charge in [-0.2, -0.15) is 0 Å². The topological polar surface area (TPSA) is 72.5 Å². The van der Waals surface area contributed by atoms with Crippen LogP contribution < -0.4 is 0 Å². The highest BCUT2D eigenvalue weighted by Gasteiger charge is 2.52. The van der Waals surface area contributed by atoms with Gasteiger partial charge in [0.05, 0.1) is 26.4 Å². The molecule has 4 rings (SSSR count). The maximum Gasteiger partial charge on any atom is 0.330 e. The minimum absolute atomic E-state index is 0.168. The minimum atomic E-state index is -0.434. The van der Waals surface area contributed by atoms with Crippen LogP contribution in [0.15, 0.2) is 12.7 Å². The van der Waals surface area contributed by atoms with E-state index in [1.54, 1.807) is 0 Å². The molecule has 158 valence electrons. The molecule has 28 heavy (non-hydrogen) atoms. The zero-order valence-electron chi connectivity index (χ0n) is 16.6. The second-order valence-corrected chi connectivity index (χ2v) is 8.23. The van der Waals surface area contributed by atoms with Gasteiger partial charge in [-0.1, -0.05) is 6.58 Å². The van der Waals surface area contributed by atoms with Crippen LogP contribution >= 0.6 is 0 Å². The number of rotatable bonds is 8. The van der Waals surface area contributed by atoms with Crippen molar-refractivity contribution in [3.05, 3.63) is 12.7 Å². The first kappa shape index (κ1) is 20.3. The lowest BCUT2D eigenvalue weighted by atomic mass is 10.1. The third kappa shape index (κ3) is 4.44. The Hall–Kier alpha value is -0.990. The maximum atomic E-state index is 11.2. The van der Waals surface area contributed by atoms with E-state index in [9.17, 15) is 4.79 Å². The van der Waals surface area contributed by atoms with Crippen molar-refractivity contribution < 1.29 is 33.2 Å². The molecule has 0 radical (unpaired) electrons. The van der Waals surface area contributed by atoms with E-state index < -0.39 is 17.5 Å². The zero-order chi connectivity index (χ0) is 19.5. The van der Waals surface area contributed by atoms with E-state index in [1.807, 2.05) is 0 Å². The summed E-state index contributed by atoms with van der Waals surface area (Å²) < 4.78 is 36.1. The van der Waals surface area contributed by atoms with Gasteiger partial charge in [0.25, 0.3) is 0 Å². The van der Waals surface area contributed by atoms with E-state index in [0.717, 1.165) is 51.4 Å². The largest absolute Gasteiger partial charge is 0.462 e. The Bertz CT molecular complexity index is 517. The first-order valence-electron chi connectivity index (χ1n) is 10.7. The van der Waals surface area contributed by atoms with Crippen LogP contribution in [0.1, 0.15) is 57.8 Å². The van der Waals surface area contributed by atoms with Crippen molar-refractivity contribution in [3.8, 4) is 0 Å². The van der Waals surface area contributed by atoms with Crippen molar-refractivity contribution in [2.45, 2.75) is 87.7 Å². The second-order valence-electron chi connectivity index (χ2n) is 8.23. The molecule has 2 saturated carbocycles. The molecule has 0 bridgehead atoms. The van der Waals surface area contributed by atoms with Gasteiger partial charge in [0.1, 0.15) is 18.3 Å². The molecule has 2 atom stereocenters. The Kier molecular flexibility index (Phi) is 6.37. The second kappa shape index (κ2) is 8.79. The van der Waals surface area contributed by atoms with Gasteiger partial charge in [-0.3, -0.25) is 0 Å². The predicted molar refractivity (Wildman–Crippen MR) is 99.6 cm³/mol. The number of carbonyl (C=O) groups excluding carboxylic acids is 1. The molecule has 0 aromatic carbocycles. The number of hydrogen-bond acceptors (Lipinski definition) is 7. The summed E-state index contributed by atoms with van der Waals surface area (Å²) in [7, 11) is 0. The molecular formula is C21H32O7. The quantitative estimate of drug-likeness (QED) is 0.355. The van der Waals surface area contributed by atoms with Gasteiger partial charge in [0.2, 0.25) is 0 Å². The monoisotopic (exact) mass is 396 g/mol. The number of hydrogen-bond donors (Lipinski definition) is 0. The highest BCUT2D eigenvalue weighted by atomic mass is 16.8.